The summed E-state index contributed by atoms with van der Waals surface area (Å²) in [5, 5.41) is 4.24. The zero-order valence-corrected chi connectivity index (χ0v) is 13.2. The Hall–Kier alpha value is -1.46. The molecule has 0 aliphatic carbocycles. The van der Waals surface area contributed by atoms with Gasteiger partial charge in [0.15, 0.2) is 5.16 Å². The minimum Gasteiger partial charge on any atom is -0.329 e. The third kappa shape index (κ3) is 3.55. The summed E-state index contributed by atoms with van der Waals surface area (Å²) in [5.41, 5.74) is 2.72. The number of nitrogens with one attached hydrogen (secondary N) is 1. The maximum absolute atomic E-state index is 12.0. The van der Waals surface area contributed by atoms with Gasteiger partial charge in [0.25, 0.3) is 0 Å². The molecule has 0 radical (unpaired) electrons. The Morgan fingerprint density at radius 3 is 2.80 bits per heavy atom. The lowest BCUT2D eigenvalue weighted by atomic mass is 10.1. The number of rotatable bonds is 4. The molecule has 2 rings (SSSR count). The van der Waals surface area contributed by atoms with Gasteiger partial charge in [0, 0.05) is 19.4 Å². The molecule has 0 atom stereocenters. The molecule has 106 valence electrons. The van der Waals surface area contributed by atoms with Gasteiger partial charge in [0.2, 0.25) is 5.91 Å². The minimum absolute atomic E-state index is 0.0909. The average molecular weight is 310 g/mol. The predicted octanol–water partition coefficient (Wildman–Crippen LogP) is 3.42. The number of aryl methyl sites for hydroxylation is 3. The number of nitrogens with zero attached hydrogens (tertiary/aromatic N) is 2. The quantitative estimate of drug-likeness (QED) is 0.880. The topological polar surface area (TPSA) is 46.9 Å². The van der Waals surface area contributed by atoms with Gasteiger partial charge in [0.05, 0.1) is 16.5 Å². The van der Waals surface area contributed by atoms with E-state index in [1.54, 1.807) is 6.20 Å². The molecule has 0 bridgehead atoms. The van der Waals surface area contributed by atoms with Crippen molar-refractivity contribution in [2.75, 3.05) is 11.1 Å². The molecule has 0 spiro atoms. The molecule has 0 fully saturated rings. The van der Waals surface area contributed by atoms with E-state index in [4.69, 9.17) is 11.6 Å². The maximum Gasteiger partial charge on any atom is 0.234 e. The summed E-state index contributed by atoms with van der Waals surface area (Å²) in [4.78, 5) is 16.1. The number of imidazole rings is 1. The molecular weight excluding hydrogens is 294 g/mol. The molecule has 0 saturated heterocycles. The van der Waals surface area contributed by atoms with Crippen molar-refractivity contribution in [2.45, 2.75) is 19.0 Å². The van der Waals surface area contributed by atoms with Crippen molar-refractivity contribution < 1.29 is 4.79 Å². The number of aromatic nitrogens is 2. The van der Waals surface area contributed by atoms with Crippen molar-refractivity contribution in [2.24, 2.45) is 7.05 Å². The number of hydrogen-bond acceptors (Lipinski definition) is 3. The van der Waals surface area contributed by atoms with E-state index in [9.17, 15) is 4.79 Å². The number of carbonyl (C=O) groups excluding carboxylic acids is 1. The van der Waals surface area contributed by atoms with Crippen LogP contribution in [0.25, 0.3) is 0 Å². The number of anilines is 1. The second-order valence-electron chi connectivity index (χ2n) is 4.60. The van der Waals surface area contributed by atoms with Crippen molar-refractivity contribution in [3.8, 4) is 0 Å². The fourth-order valence-electron chi connectivity index (χ4n) is 1.87. The highest BCUT2D eigenvalue weighted by Gasteiger charge is 2.11. The van der Waals surface area contributed by atoms with Gasteiger partial charge >= 0.3 is 0 Å². The van der Waals surface area contributed by atoms with Crippen molar-refractivity contribution in [1.82, 2.24) is 9.55 Å². The normalized spacial score (nSPS) is 10.6. The number of thioether (sulfide) groups is 1. The maximum atomic E-state index is 12.0. The van der Waals surface area contributed by atoms with Crippen molar-refractivity contribution in [3.63, 3.8) is 0 Å². The number of hydrogen-bond donors (Lipinski definition) is 1. The van der Waals surface area contributed by atoms with Gasteiger partial charge in [-0.2, -0.15) is 0 Å². The smallest absolute Gasteiger partial charge is 0.234 e. The van der Waals surface area contributed by atoms with E-state index in [1.807, 2.05) is 43.8 Å². The summed E-state index contributed by atoms with van der Waals surface area (Å²) < 4.78 is 1.88. The minimum atomic E-state index is -0.0909. The third-order valence-corrected chi connectivity index (χ3v) is 4.16. The van der Waals surface area contributed by atoms with Crippen LogP contribution in [0, 0.1) is 13.8 Å². The van der Waals surface area contributed by atoms with E-state index in [1.165, 1.54) is 11.8 Å². The molecule has 20 heavy (non-hydrogen) atoms. The molecule has 0 aliphatic heterocycles. The lowest BCUT2D eigenvalue weighted by Gasteiger charge is -2.11. The highest BCUT2D eigenvalue weighted by Crippen LogP contribution is 2.27. The van der Waals surface area contributed by atoms with Gasteiger partial charge in [-0.1, -0.05) is 29.4 Å². The van der Waals surface area contributed by atoms with Gasteiger partial charge in [-0.15, -0.1) is 0 Å². The van der Waals surface area contributed by atoms with Crippen molar-refractivity contribution in [1.29, 1.82) is 0 Å². The molecule has 0 saturated carbocycles. The van der Waals surface area contributed by atoms with E-state index in [2.05, 4.69) is 10.3 Å². The summed E-state index contributed by atoms with van der Waals surface area (Å²) in [7, 11) is 1.90. The van der Waals surface area contributed by atoms with Crippen LogP contribution < -0.4 is 5.32 Å². The van der Waals surface area contributed by atoms with Crippen LogP contribution in [0.1, 0.15) is 11.1 Å². The largest absolute Gasteiger partial charge is 0.329 e. The van der Waals surface area contributed by atoms with Crippen LogP contribution in [0.5, 0.6) is 0 Å². The molecular formula is C14H16ClN3OS. The highest BCUT2D eigenvalue weighted by molar-refractivity contribution is 7.99. The van der Waals surface area contributed by atoms with E-state index in [0.29, 0.717) is 16.5 Å². The molecule has 0 unspecified atom stereocenters. The summed E-state index contributed by atoms with van der Waals surface area (Å²) in [6.45, 7) is 3.90. The average Bonchev–Trinajstić information content (AvgIpc) is 2.77. The molecule has 2 aromatic rings. The van der Waals surface area contributed by atoms with E-state index < -0.39 is 0 Å². The van der Waals surface area contributed by atoms with Crippen molar-refractivity contribution >= 4 is 35.0 Å². The first-order valence-corrected chi connectivity index (χ1v) is 7.50. The number of benzene rings is 1. The Labute approximate surface area is 127 Å². The first-order valence-electron chi connectivity index (χ1n) is 6.14. The van der Waals surface area contributed by atoms with Crippen LogP contribution in [0.3, 0.4) is 0 Å². The number of amides is 1. The highest BCUT2D eigenvalue weighted by atomic mass is 35.5. The fourth-order valence-corrected chi connectivity index (χ4v) is 2.97. The van der Waals surface area contributed by atoms with Crippen LogP contribution in [-0.2, 0) is 11.8 Å². The molecule has 6 heteroatoms. The van der Waals surface area contributed by atoms with Gasteiger partial charge in [-0.3, -0.25) is 4.79 Å². The molecule has 1 heterocycles. The molecule has 1 N–H and O–H groups in total. The molecule has 1 amide bonds. The number of carbonyl (C=O) groups is 1. The Balaban J connectivity index is 2.00. The van der Waals surface area contributed by atoms with Crippen LogP contribution in [0.2, 0.25) is 5.02 Å². The van der Waals surface area contributed by atoms with Crippen LogP contribution in [-0.4, -0.2) is 21.2 Å². The molecule has 1 aromatic carbocycles. The third-order valence-electron chi connectivity index (χ3n) is 2.81. The van der Waals surface area contributed by atoms with E-state index in [-0.39, 0.29) is 5.91 Å². The van der Waals surface area contributed by atoms with Gasteiger partial charge < -0.3 is 9.88 Å². The molecule has 4 nitrogen and oxygen atoms in total. The number of halogens is 1. The molecule has 0 aliphatic rings. The lowest BCUT2D eigenvalue weighted by molar-refractivity contribution is -0.113. The van der Waals surface area contributed by atoms with E-state index >= 15 is 0 Å². The summed E-state index contributed by atoms with van der Waals surface area (Å²) in [6, 6.07) is 3.84. The molecule has 1 aromatic heterocycles. The fraction of sp³-hybridized carbons (Fsp3) is 0.286. The first-order chi connectivity index (χ1) is 9.47. The van der Waals surface area contributed by atoms with E-state index in [0.717, 1.165) is 16.3 Å². The Bertz CT molecular complexity index is 616. The van der Waals surface area contributed by atoms with Crippen LogP contribution in [0.4, 0.5) is 5.69 Å². The Morgan fingerprint density at radius 2 is 2.20 bits per heavy atom. The van der Waals surface area contributed by atoms with Crippen LogP contribution in [0.15, 0.2) is 29.7 Å². The lowest BCUT2D eigenvalue weighted by Crippen LogP contribution is -2.15. The SMILES string of the molecule is Cc1cc(C)c(NC(=O)CSc2nccn2C)c(Cl)c1. The summed E-state index contributed by atoms with van der Waals surface area (Å²) in [5.74, 6) is 0.209. The second-order valence-corrected chi connectivity index (χ2v) is 5.95. The van der Waals surface area contributed by atoms with Crippen molar-refractivity contribution in [3.05, 3.63) is 40.7 Å². The zero-order valence-electron chi connectivity index (χ0n) is 11.6. The summed E-state index contributed by atoms with van der Waals surface area (Å²) >= 11 is 7.56. The van der Waals surface area contributed by atoms with Gasteiger partial charge in [0.1, 0.15) is 0 Å². The summed E-state index contributed by atoms with van der Waals surface area (Å²) in [6.07, 6.45) is 3.56. The zero-order chi connectivity index (χ0) is 14.7. The first kappa shape index (κ1) is 14.9. The van der Waals surface area contributed by atoms with Gasteiger partial charge in [-0.05, 0) is 31.0 Å². The standard InChI is InChI=1S/C14H16ClN3OS/c1-9-6-10(2)13(11(15)7-9)17-12(19)8-20-14-16-4-5-18(14)3/h4-7H,8H2,1-3H3,(H,17,19). The van der Waals surface area contributed by atoms with Crippen LogP contribution >= 0.6 is 23.4 Å². The van der Waals surface area contributed by atoms with Gasteiger partial charge in [-0.25, -0.2) is 4.98 Å². The second kappa shape index (κ2) is 6.33. The predicted molar refractivity (Wildman–Crippen MR) is 83.5 cm³/mol. The Morgan fingerprint density at radius 1 is 1.45 bits per heavy atom. The monoisotopic (exact) mass is 309 g/mol. The Kier molecular flexibility index (Phi) is 4.73.